The Balaban J connectivity index is 1.40. The number of aromatic nitrogens is 2. The number of carbonyl (C=O) groups excluding carboxylic acids is 2. The summed E-state index contributed by atoms with van der Waals surface area (Å²) in [7, 11) is 0. The Bertz CT molecular complexity index is 1390. The van der Waals surface area contributed by atoms with E-state index in [1.807, 2.05) is 0 Å². The van der Waals surface area contributed by atoms with Crippen molar-refractivity contribution in [3.63, 3.8) is 0 Å². The highest BCUT2D eigenvalue weighted by molar-refractivity contribution is 8.18. The maximum absolute atomic E-state index is 13.5. The number of piperidine rings is 1. The van der Waals surface area contributed by atoms with Crippen molar-refractivity contribution in [2.45, 2.75) is 31.3 Å². The zero-order valence-corrected chi connectivity index (χ0v) is 20.2. The van der Waals surface area contributed by atoms with Gasteiger partial charge in [-0.15, -0.1) is 0 Å². The number of fused-ring (bicyclic) bond motifs is 1. The number of hydrogen-bond donors (Lipinski definition) is 2. The van der Waals surface area contributed by atoms with Crippen LogP contribution in [0, 0.1) is 0 Å². The molecular weight excluding hydrogens is 517 g/mol. The van der Waals surface area contributed by atoms with Crippen LogP contribution >= 0.6 is 23.4 Å². The molecule has 2 N–H and O–H groups in total. The molecule has 2 saturated heterocycles. The van der Waals surface area contributed by atoms with Gasteiger partial charge in [0.25, 0.3) is 11.1 Å². The summed E-state index contributed by atoms with van der Waals surface area (Å²) < 4.78 is 41.9. The van der Waals surface area contributed by atoms with E-state index < -0.39 is 35.0 Å². The molecule has 1 aromatic heterocycles. The fourth-order valence-electron chi connectivity index (χ4n) is 4.48. The van der Waals surface area contributed by atoms with Crippen molar-refractivity contribution in [1.29, 1.82) is 0 Å². The minimum atomic E-state index is -4.55. The van der Waals surface area contributed by atoms with Gasteiger partial charge in [-0.2, -0.15) is 18.3 Å². The first-order valence-electron chi connectivity index (χ1n) is 11.1. The van der Waals surface area contributed by atoms with E-state index in [1.165, 1.54) is 23.0 Å². The summed E-state index contributed by atoms with van der Waals surface area (Å²) in [6, 6.07) is 8.24. The lowest BCUT2D eigenvalue weighted by Crippen LogP contribution is -2.54. The number of benzene rings is 2. The Morgan fingerprint density at radius 1 is 1.22 bits per heavy atom. The number of thioether (sulfide) groups is 1. The maximum atomic E-state index is 13.5. The normalized spacial score (nSPS) is 22.2. The standard InChI is InChI=1S/C24H20ClF3N4O3S/c25-16-3-2-14(17(9-16)24(26,27)28)12-31-18-4-1-13(7-15(18)10-30-31)8-21-22(34)32(23(35)36-21)19-5-6-29-11-20(19)33/h1-4,7-10,19-20,29,33H,5-6,11-12H2/b21-8-/t19-,20-/m1/s1. The third kappa shape index (κ3) is 4.75. The van der Waals surface area contributed by atoms with E-state index in [0.29, 0.717) is 36.0 Å². The van der Waals surface area contributed by atoms with Gasteiger partial charge >= 0.3 is 6.18 Å². The molecule has 5 rings (SSSR count). The highest BCUT2D eigenvalue weighted by Gasteiger charge is 2.43. The largest absolute Gasteiger partial charge is 0.416 e. The average Bonchev–Trinajstić information content (AvgIpc) is 3.34. The second kappa shape index (κ2) is 9.55. The highest BCUT2D eigenvalue weighted by Crippen LogP contribution is 2.36. The van der Waals surface area contributed by atoms with Crippen molar-refractivity contribution in [3.05, 3.63) is 69.2 Å². The van der Waals surface area contributed by atoms with Gasteiger partial charge in [0.05, 0.1) is 40.9 Å². The van der Waals surface area contributed by atoms with Gasteiger partial charge in [0, 0.05) is 17.0 Å². The molecule has 36 heavy (non-hydrogen) atoms. The molecule has 2 aromatic carbocycles. The number of halogens is 4. The van der Waals surface area contributed by atoms with Gasteiger partial charge in [0.2, 0.25) is 0 Å². The van der Waals surface area contributed by atoms with Crippen molar-refractivity contribution < 1.29 is 27.9 Å². The Morgan fingerprint density at radius 2 is 2.03 bits per heavy atom. The van der Waals surface area contributed by atoms with Crippen molar-refractivity contribution in [1.82, 2.24) is 20.0 Å². The molecule has 12 heteroatoms. The number of hydrogen-bond acceptors (Lipinski definition) is 6. The second-order valence-corrected chi connectivity index (χ2v) is 10.0. The van der Waals surface area contributed by atoms with Gasteiger partial charge in [-0.25, -0.2) is 0 Å². The second-order valence-electron chi connectivity index (χ2n) is 8.60. The molecule has 3 aromatic rings. The number of nitrogens with zero attached hydrogens (tertiary/aromatic N) is 3. The molecule has 2 aliphatic rings. The van der Waals surface area contributed by atoms with Gasteiger partial charge in [0.1, 0.15) is 0 Å². The zero-order chi connectivity index (χ0) is 25.6. The molecule has 2 amide bonds. The minimum Gasteiger partial charge on any atom is -0.390 e. The molecule has 7 nitrogen and oxygen atoms in total. The summed E-state index contributed by atoms with van der Waals surface area (Å²) in [5.41, 5.74) is 0.474. The molecule has 2 fully saturated rings. The summed E-state index contributed by atoms with van der Waals surface area (Å²) in [5, 5.41) is 17.7. The molecule has 3 heterocycles. The fourth-order valence-corrected chi connectivity index (χ4v) is 5.54. The number of carbonyl (C=O) groups is 2. The quantitative estimate of drug-likeness (QED) is 0.477. The van der Waals surface area contributed by atoms with Gasteiger partial charge in [-0.1, -0.05) is 23.7 Å². The lowest BCUT2D eigenvalue weighted by atomic mass is 10.0. The smallest absolute Gasteiger partial charge is 0.390 e. The monoisotopic (exact) mass is 536 g/mol. The lowest BCUT2D eigenvalue weighted by Gasteiger charge is -2.33. The number of rotatable bonds is 4. The van der Waals surface area contributed by atoms with E-state index in [-0.39, 0.29) is 22.0 Å². The van der Waals surface area contributed by atoms with Crippen molar-refractivity contribution in [3.8, 4) is 0 Å². The summed E-state index contributed by atoms with van der Waals surface area (Å²) in [5.74, 6) is -0.450. The first kappa shape index (κ1) is 24.8. The van der Waals surface area contributed by atoms with Gasteiger partial charge in [-0.05, 0) is 66.2 Å². The molecule has 0 aliphatic carbocycles. The number of imide groups is 1. The van der Waals surface area contributed by atoms with Crippen molar-refractivity contribution in [2.24, 2.45) is 0 Å². The van der Waals surface area contributed by atoms with Crippen LogP contribution < -0.4 is 5.32 Å². The summed E-state index contributed by atoms with van der Waals surface area (Å²) in [6.45, 7) is 0.808. The lowest BCUT2D eigenvalue weighted by molar-refractivity contribution is -0.138. The number of alkyl halides is 3. The molecule has 2 atom stereocenters. The maximum Gasteiger partial charge on any atom is 0.416 e. The van der Waals surface area contributed by atoms with Gasteiger partial charge in [0.15, 0.2) is 0 Å². The van der Waals surface area contributed by atoms with Crippen LogP contribution in [0.1, 0.15) is 23.1 Å². The Labute approximate surface area is 212 Å². The van der Waals surface area contributed by atoms with E-state index in [1.54, 1.807) is 24.3 Å². The van der Waals surface area contributed by atoms with Crippen molar-refractivity contribution >= 4 is 51.5 Å². The van der Waals surface area contributed by atoms with Crippen molar-refractivity contribution in [2.75, 3.05) is 13.1 Å². The van der Waals surface area contributed by atoms with Gasteiger partial charge in [-0.3, -0.25) is 19.2 Å². The van der Waals surface area contributed by atoms with Crippen LogP contribution in [0.4, 0.5) is 18.0 Å². The van der Waals surface area contributed by atoms with Crippen LogP contribution in [0.5, 0.6) is 0 Å². The SMILES string of the molecule is O=C1S/C(=C\c2ccc3c(cnn3Cc3ccc(Cl)cc3C(F)(F)F)c2)C(=O)N1[C@@H]1CCNC[C@H]1O. The zero-order valence-electron chi connectivity index (χ0n) is 18.6. The molecule has 0 bridgehead atoms. The summed E-state index contributed by atoms with van der Waals surface area (Å²) in [4.78, 5) is 26.8. The predicted molar refractivity (Wildman–Crippen MR) is 130 cm³/mol. The summed E-state index contributed by atoms with van der Waals surface area (Å²) in [6.07, 6.45) is -1.78. The Morgan fingerprint density at radius 3 is 2.78 bits per heavy atom. The molecule has 0 saturated carbocycles. The number of aliphatic hydroxyl groups is 1. The number of β-amino-alcohol motifs (C(OH)–C–C–N with tert-alkyl or cyclic N) is 1. The number of nitrogens with one attached hydrogen (secondary N) is 1. The van der Waals surface area contributed by atoms with Crippen LogP contribution in [0.15, 0.2) is 47.5 Å². The fraction of sp³-hybridized carbons (Fsp3) is 0.292. The first-order valence-corrected chi connectivity index (χ1v) is 12.3. The van der Waals surface area contributed by atoms with Crippen LogP contribution in [-0.2, 0) is 17.5 Å². The first-order chi connectivity index (χ1) is 17.1. The van der Waals surface area contributed by atoms with Crippen LogP contribution in [0.3, 0.4) is 0 Å². The van der Waals surface area contributed by atoms with Gasteiger partial charge < -0.3 is 10.4 Å². The summed E-state index contributed by atoms with van der Waals surface area (Å²) >= 11 is 6.59. The molecule has 2 aliphatic heterocycles. The van der Waals surface area contributed by atoms with E-state index in [2.05, 4.69) is 10.4 Å². The van der Waals surface area contributed by atoms with Crippen LogP contribution in [0.2, 0.25) is 5.02 Å². The Kier molecular flexibility index (Phi) is 6.58. The predicted octanol–water partition coefficient (Wildman–Crippen LogP) is 4.52. The molecular formula is C24H20ClF3N4O3S. The third-order valence-electron chi connectivity index (χ3n) is 6.23. The molecule has 0 unspecified atom stereocenters. The number of amides is 2. The average molecular weight is 537 g/mol. The molecule has 0 spiro atoms. The number of aliphatic hydroxyl groups excluding tert-OH is 1. The van der Waals surface area contributed by atoms with Crippen LogP contribution in [-0.4, -0.2) is 56.2 Å². The molecule has 188 valence electrons. The van der Waals surface area contributed by atoms with Crippen LogP contribution in [0.25, 0.3) is 17.0 Å². The molecule has 0 radical (unpaired) electrons. The van der Waals surface area contributed by atoms with E-state index in [0.717, 1.165) is 22.7 Å². The van der Waals surface area contributed by atoms with E-state index in [4.69, 9.17) is 11.6 Å². The third-order valence-corrected chi connectivity index (χ3v) is 7.35. The Hall–Kier alpha value is -2.86. The topological polar surface area (TPSA) is 87.5 Å². The van der Waals surface area contributed by atoms with E-state index >= 15 is 0 Å². The minimum absolute atomic E-state index is 0.000108. The highest BCUT2D eigenvalue weighted by atomic mass is 35.5. The van der Waals surface area contributed by atoms with E-state index in [9.17, 15) is 27.9 Å².